The molecule has 1 aliphatic carbocycles. The van der Waals surface area contributed by atoms with Gasteiger partial charge in [-0.15, -0.1) is 0 Å². The first-order valence-corrected chi connectivity index (χ1v) is 6.61. The number of halogens is 4. The Bertz CT molecular complexity index is 549. The van der Waals surface area contributed by atoms with Gasteiger partial charge in [-0.25, -0.2) is 0 Å². The van der Waals surface area contributed by atoms with Crippen LogP contribution >= 0.6 is 46.4 Å². The van der Waals surface area contributed by atoms with E-state index in [0.717, 1.165) is 11.1 Å². The molecule has 0 spiro atoms. The zero-order valence-corrected chi connectivity index (χ0v) is 12.2. The highest BCUT2D eigenvalue weighted by molar-refractivity contribution is 6.52. The van der Waals surface area contributed by atoms with Gasteiger partial charge in [0.15, 0.2) is 4.33 Å². The summed E-state index contributed by atoms with van der Waals surface area (Å²) in [7, 11) is 0. The molecule has 2 rings (SSSR count). The molecule has 1 aromatic carbocycles. The largest absolute Gasteiger partial charge is 0.398 e. The maximum absolute atomic E-state index is 6.11. The summed E-state index contributed by atoms with van der Waals surface area (Å²) in [5.41, 5.74) is 13.5. The Morgan fingerprint density at radius 1 is 1.17 bits per heavy atom. The Hall–Kier alpha value is -0.380. The van der Waals surface area contributed by atoms with Crippen LogP contribution in [0.5, 0.6) is 0 Å². The first kappa shape index (κ1) is 14.0. The Morgan fingerprint density at radius 2 is 1.83 bits per heavy atom. The Morgan fingerprint density at radius 3 is 2.39 bits per heavy atom. The van der Waals surface area contributed by atoms with Crippen LogP contribution in [0.4, 0.5) is 5.69 Å². The lowest BCUT2D eigenvalue weighted by Gasteiger charge is -2.28. The summed E-state index contributed by atoms with van der Waals surface area (Å²) in [6.07, 6.45) is 3.37. The molecule has 0 saturated carbocycles. The number of nitrogen functional groups attached to an aromatic ring is 1. The Kier molecular flexibility index (Phi) is 3.86. The SMILES string of the molecule is Nc1ccc(C2=CC(Cl)(Cl)C(N)C(Cl)=C2)cc1Cl. The molecule has 0 amide bonds. The molecule has 1 unspecified atom stereocenters. The van der Waals surface area contributed by atoms with Crippen LogP contribution in [0, 0.1) is 0 Å². The van der Waals surface area contributed by atoms with Crippen molar-refractivity contribution in [3.63, 3.8) is 0 Å². The fourth-order valence-corrected chi connectivity index (χ4v) is 2.69. The minimum Gasteiger partial charge on any atom is -0.398 e. The van der Waals surface area contributed by atoms with Gasteiger partial charge in [0.05, 0.1) is 16.8 Å². The van der Waals surface area contributed by atoms with Crippen LogP contribution in [0.15, 0.2) is 35.4 Å². The summed E-state index contributed by atoms with van der Waals surface area (Å²) in [5.74, 6) is 0. The molecular weight excluding hydrogens is 314 g/mol. The van der Waals surface area contributed by atoms with Crippen molar-refractivity contribution in [2.24, 2.45) is 5.73 Å². The van der Waals surface area contributed by atoms with Crippen LogP contribution < -0.4 is 11.5 Å². The maximum Gasteiger partial charge on any atom is 0.157 e. The normalized spacial score (nSPS) is 22.4. The van der Waals surface area contributed by atoms with Gasteiger partial charge < -0.3 is 11.5 Å². The zero-order chi connectivity index (χ0) is 13.5. The molecule has 0 saturated heterocycles. The fourth-order valence-electron chi connectivity index (χ4n) is 1.63. The summed E-state index contributed by atoms with van der Waals surface area (Å²) in [4.78, 5) is 0. The van der Waals surface area contributed by atoms with E-state index in [1.165, 1.54) is 0 Å². The minimum atomic E-state index is -1.24. The summed E-state index contributed by atoms with van der Waals surface area (Å²) in [6.45, 7) is 0. The average Bonchev–Trinajstić information content (AvgIpc) is 2.29. The summed E-state index contributed by atoms with van der Waals surface area (Å²) in [6, 6.07) is 4.60. The number of nitrogens with two attached hydrogens (primary N) is 2. The van der Waals surface area contributed by atoms with Crippen molar-refractivity contribution in [2.45, 2.75) is 10.4 Å². The molecule has 0 aliphatic heterocycles. The molecule has 0 aromatic heterocycles. The molecule has 1 aliphatic rings. The second kappa shape index (κ2) is 4.95. The summed E-state index contributed by atoms with van der Waals surface area (Å²) < 4.78 is -1.24. The molecule has 96 valence electrons. The number of allylic oxidation sites excluding steroid dienone is 2. The van der Waals surface area contributed by atoms with Crippen LogP contribution in [0.2, 0.25) is 5.02 Å². The molecule has 6 heteroatoms. The van der Waals surface area contributed by atoms with E-state index < -0.39 is 10.4 Å². The number of anilines is 1. The molecule has 18 heavy (non-hydrogen) atoms. The molecule has 2 nitrogen and oxygen atoms in total. The van der Waals surface area contributed by atoms with E-state index in [1.807, 2.05) is 6.07 Å². The standard InChI is InChI=1S/C12H10Cl4N2/c13-8-3-6(1-2-10(8)17)7-4-9(14)11(18)12(15,16)5-7/h1-5,11H,17-18H2. The second-order valence-corrected chi connectivity index (χ2v) is 6.31. The second-order valence-electron chi connectivity index (χ2n) is 4.02. The van der Waals surface area contributed by atoms with Crippen LogP contribution in [0.1, 0.15) is 5.56 Å². The van der Waals surface area contributed by atoms with Crippen molar-refractivity contribution in [2.75, 3.05) is 5.73 Å². The lowest BCUT2D eigenvalue weighted by molar-refractivity contribution is 0.769. The zero-order valence-electron chi connectivity index (χ0n) is 9.13. The summed E-state index contributed by atoms with van der Waals surface area (Å²) in [5, 5.41) is 0.855. The van der Waals surface area contributed by atoms with E-state index in [1.54, 1.807) is 24.3 Å². The monoisotopic (exact) mass is 322 g/mol. The van der Waals surface area contributed by atoms with Crippen LogP contribution in [0.25, 0.3) is 5.57 Å². The van der Waals surface area contributed by atoms with E-state index in [4.69, 9.17) is 57.9 Å². The highest BCUT2D eigenvalue weighted by Gasteiger charge is 2.35. The Balaban J connectivity index is 2.48. The van der Waals surface area contributed by atoms with Gasteiger partial charge in [-0.05, 0) is 35.4 Å². The lowest BCUT2D eigenvalue weighted by Crippen LogP contribution is -2.39. The number of hydrogen-bond donors (Lipinski definition) is 2. The van der Waals surface area contributed by atoms with Gasteiger partial charge in [0, 0.05) is 5.03 Å². The molecule has 0 bridgehead atoms. The van der Waals surface area contributed by atoms with Crippen molar-refractivity contribution < 1.29 is 0 Å². The highest BCUT2D eigenvalue weighted by atomic mass is 35.5. The van der Waals surface area contributed by atoms with Crippen molar-refractivity contribution in [1.82, 2.24) is 0 Å². The average molecular weight is 324 g/mol. The van der Waals surface area contributed by atoms with E-state index >= 15 is 0 Å². The molecule has 0 radical (unpaired) electrons. The van der Waals surface area contributed by atoms with Gasteiger partial charge >= 0.3 is 0 Å². The van der Waals surface area contributed by atoms with Crippen LogP contribution in [0.3, 0.4) is 0 Å². The lowest BCUT2D eigenvalue weighted by atomic mass is 9.96. The fraction of sp³-hybridized carbons (Fsp3) is 0.167. The van der Waals surface area contributed by atoms with E-state index in [-0.39, 0.29) is 0 Å². The molecule has 1 atom stereocenters. The topological polar surface area (TPSA) is 52.0 Å². The molecule has 1 aromatic rings. The maximum atomic E-state index is 6.11. The number of rotatable bonds is 1. The molecule has 0 heterocycles. The number of benzene rings is 1. The number of alkyl halides is 2. The smallest absolute Gasteiger partial charge is 0.157 e. The minimum absolute atomic E-state index is 0.394. The third-order valence-corrected chi connectivity index (χ3v) is 4.05. The van der Waals surface area contributed by atoms with Crippen molar-refractivity contribution in [3.8, 4) is 0 Å². The van der Waals surface area contributed by atoms with Gasteiger partial charge in [0.2, 0.25) is 0 Å². The van der Waals surface area contributed by atoms with Crippen LogP contribution in [-0.2, 0) is 0 Å². The van der Waals surface area contributed by atoms with Gasteiger partial charge in [0.25, 0.3) is 0 Å². The third-order valence-electron chi connectivity index (χ3n) is 2.69. The predicted molar refractivity (Wildman–Crippen MR) is 80.2 cm³/mol. The third kappa shape index (κ3) is 2.63. The number of hydrogen-bond acceptors (Lipinski definition) is 2. The van der Waals surface area contributed by atoms with Gasteiger partial charge in [-0.2, -0.15) is 0 Å². The van der Waals surface area contributed by atoms with E-state index in [2.05, 4.69) is 0 Å². The van der Waals surface area contributed by atoms with Crippen molar-refractivity contribution in [1.29, 1.82) is 0 Å². The van der Waals surface area contributed by atoms with Gasteiger partial charge in [-0.3, -0.25) is 0 Å². The highest BCUT2D eigenvalue weighted by Crippen LogP contribution is 2.40. The Labute approximate surface area is 125 Å². The van der Waals surface area contributed by atoms with Crippen molar-refractivity contribution in [3.05, 3.63) is 46.0 Å². The van der Waals surface area contributed by atoms with Gasteiger partial charge in [-0.1, -0.05) is 52.5 Å². The van der Waals surface area contributed by atoms with Crippen molar-refractivity contribution >= 4 is 57.7 Å². The van der Waals surface area contributed by atoms with Crippen LogP contribution in [-0.4, -0.2) is 10.4 Å². The van der Waals surface area contributed by atoms with Gasteiger partial charge in [0.1, 0.15) is 0 Å². The first-order chi connectivity index (χ1) is 8.31. The summed E-state index contributed by atoms with van der Waals surface area (Å²) >= 11 is 24.2. The molecule has 4 N–H and O–H groups in total. The van der Waals surface area contributed by atoms with E-state index in [9.17, 15) is 0 Å². The first-order valence-electron chi connectivity index (χ1n) is 5.10. The molecular formula is C12H10Cl4N2. The van der Waals surface area contributed by atoms with E-state index in [0.29, 0.717) is 15.7 Å². The predicted octanol–water partition coefficient (Wildman–Crippen LogP) is 3.94. The quantitative estimate of drug-likeness (QED) is 0.607. The molecule has 0 fully saturated rings.